The second-order valence-electron chi connectivity index (χ2n) is 10.0. The van der Waals surface area contributed by atoms with Gasteiger partial charge in [0.1, 0.15) is 11.5 Å². The third-order valence-corrected chi connectivity index (χ3v) is 8.39. The van der Waals surface area contributed by atoms with Gasteiger partial charge in [-0.3, -0.25) is 19.3 Å². The van der Waals surface area contributed by atoms with E-state index in [4.69, 9.17) is 23.2 Å². The van der Waals surface area contributed by atoms with E-state index >= 15 is 0 Å². The van der Waals surface area contributed by atoms with E-state index in [1.165, 1.54) is 12.1 Å². The molecule has 2 fully saturated rings. The van der Waals surface area contributed by atoms with Crippen molar-refractivity contribution in [2.75, 3.05) is 17.2 Å². The van der Waals surface area contributed by atoms with Gasteiger partial charge in [-0.1, -0.05) is 71.7 Å². The molecule has 2 saturated heterocycles. The first-order valence-corrected chi connectivity index (χ1v) is 12.9. The van der Waals surface area contributed by atoms with Crippen molar-refractivity contribution >= 4 is 52.4 Å². The minimum atomic E-state index is -3.26. The minimum absolute atomic E-state index is 0.0408. The number of hydrogen-bond donors (Lipinski definition) is 3. The first-order valence-electron chi connectivity index (χ1n) is 12.2. The molecule has 11 heteroatoms. The number of carbonyl (C=O) groups excluding carboxylic acids is 2. The van der Waals surface area contributed by atoms with Crippen molar-refractivity contribution in [3.63, 3.8) is 0 Å². The van der Waals surface area contributed by atoms with Crippen molar-refractivity contribution in [3.8, 4) is 11.1 Å². The standard InChI is InChI=1S/C28H21Cl2F2N3O4/c29-15-10-17-23(18(30)11-15)34-26(39)28(17)22(25(37)38)21(20-12-27(31,32)13-35(20)28)24(36)33-19-9-5-4-8-16(19)14-6-2-1-3-7-14/h1-11,20-22H,12-13H2,(H,33,36)(H,34,39)(H,37,38)/t20-,21+,22-,28+/m1/s1. The maximum Gasteiger partial charge on any atom is 0.310 e. The van der Waals surface area contributed by atoms with E-state index in [1.54, 1.807) is 24.3 Å². The van der Waals surface area contributed by atoms with E-state index in [1.807, 2.05) is 30.3 Å². The van der Waals surface area contributed by atoms with Crippen LogP contribution >= 0.6 is 23.2 Å². The number of hydrogen-bond acceptors (Lipinski definition) is 4. The quantitative estimate of drug-likeness (QED) is 0.385. The number of para-hydroxylation sites is 1. The second-order valence-corrected chi connectivity index (χ2v) is 10.9. The van der Waals surface area contributed by atoms with Crippen LogP contribution in [0.15, 0.2) is 66.7 Å². The topological polar surface area (TPSA) is 98.7 Å². The lowest BCUT2D eigenvalue weighted by Crippen LogP contribution is -2.54. The zero-order valence-corrected chi connectivity index (χ0v) is 21.6. The molecule has 0 radical (unpaired) electrons. The number of benzene rings is 3. The van der Waals surface area contributed by atoms with Crippen molar-refractivity contribution in [1.82, 2.24) is 4.90 Å². The molecule has 200 valence electrons. The lowest BCUT2D eigenvalue weighted by molar-refractivity contribution is -0.153. The fourth-order valence-electron chi connectivity index (χ4n) is 6.48. The molecule has 1 spiro atoms. The van der Waals surface area contributed by atoms with Crippen LogP contribution < -0.4 is 10.6 Å². The number of nitrogens with one attached hydrogen (secondary N) is 2. The Morgan fingerprint density at radius 1 is 1.05 bits per heavy atom. The number of alkyl halides is 2. The van der Waals surface area contributed by atoms with Gasteiger partial charge in [0.2, 0.25) is 5.91 Å². The SMILES string of the molecule is O=C(Nc1ccccc1-c1ccccc1)[C@H]1[C@H]2CC(F)(F)CN2[C@]2(C(=O)Nc3c(Cl)cc(Cl)cc32)[C@H]1C(=O)O. The van der Waals surface area contributed by atoms with E-state index in [2.05, 4.69) is 10.6 Å². The van der Waals surface area contributed by atoms with Crippen LogP contribution in [0.25, 0.3) is 11.1 Å². The summed E-state index contributed by atoms with van der Waals surface area (Å²) in [6.45, 7) is -0.900. The molecule has 0 saturated carbocycles. The monoisotopic (exact) mass is 571 g/mol. The van der Waals surface area contributed by atoms with Gasteiger partial charge in [0.25, 0.3) is 11.8 Å². The molecule has 4 atom stereocenters. The smallest absolute Gasteiger partial charge is 0.310 e. The Balaban J connectivity index is 1.49. The predicted molar refractivity (Wildman–Crippen MR) is 142 cm³/mol. The lowest BCUT2D eigenvalue weighted by Gasteiger charge is -2.35. The average molecular weight is 572 g/mol. The number of anilines is 2. The highest BCUT2D eigenvalue weighted by atomic mass is 35.5. The molecule has 0 aromatic heterocycles. The van der Waals surface area contributed by atoms with E-state index in [9.17, 15) is 28.3 Å². The number of carboxylic acid groups (broad SMARTS) is 1. The Hall–Kier alpha value is -3.53. The fourth-order valence-corrected chi connectivity index (χ4v) is 7.02. The highest BCUT2D eigenvalue weighted by Crippen LogP contribution is 2.61. The number of aliphatic carboxylic acids is 1. The average Bonchev–Trinajstić information content (AvgIpc) is 3.46. The lowest BCUT2D eigenvalue weighted by atomic mass is 9.73. The number of amides is 2. The zero-order chi connectivity index (χ0) is 27.7. The van der Waals surface area contributed by atoms with E-state index in [-0.39, 0.29) is 21.3 Å². The number of nitrogens with zero attached hydrogens (tertiary/aromatic N) is 1. The summed E-state index contributed by atoms with van der Waals surface area (Å²) in [6.07, 6.45) is -0.784. The molecule has 2 amide bonds. The highest BCUT2D eigenvalue weighted by molar-refractivity contribution is 6.38. The van der Waals surface area contributed by atoms with E-state index in [0.717, 1.165) is 10.5 Å². The molecule has 0 unspecified atom stereocenters. The highest BCUT2D eigenvalue weighted by Gasteiger charge is 2.74. The third kappa shape index (κ3) is 3.83. The van der Waals surface area contributed by atoms with Crippen molar-refractivity contribution in [2.45, 2.75) is 23.9 Å². The van der Waals surface area contributed by atoms with E-state index in [0.29, 0.717) is 11.3 Å². The molecule has 3 aromatic rings. The van der Waals surface area contributed by atoms with Gasteiger partial charge in [0.05, 0.1) is 23.2 Å². The van der Waals surface area contributed by atoms with Gasteiger partial charge >= 0.3 is 5.97 Å². The molecule has 3 aromatic carbocycles. The number of fused-ring (bicyclic) bond motifs is 4. The van der Waals surface area contributed by atoms with Crippen LogP contribution in [0.1, 0.15) is 12.0 Å². The Morgan fingerprint density at radius 3 is 2.46 bits per heavy atom. The Kier molecular flexibility index (Phi) is 5.94. The maximum absolute atomic E-state index is 14.9. The number of rotatable bonds is 4. The molecule has 0 bridgehead atoms. The Morgan fingerprint density at radius 2 is 1.74 bits per heavy atom. The zero-order valence-electron chi connectivity index (χ0n) is 20.1. The van der Waals surface area contributed by atoms with Gasteiger partial charge < -0.3 is 15.7 Å². The molecule has 39 heavy (non-hydrogen) atoms. The molecule has 6 rings (SSSR count). The molecular formula is C28H21Cl2F2N3O4. The third-order valence-electron chi connectivity index (χ3n) is 7.88. The van der Waals surface area contributed by atoms with Crippen LogP contribution in [0.3, 0.4) is 0 Å². The second kappa shape index (κ2) is 9.01. The summed E-state index contributed by atoms with van der Waals surface area (Å²) >= 11 is 12.5. The van der Waals surface area contributed by atoms with Gasteiger partial charge in [-0.2, -0.15) is 0 Å². The van der Waals surface area contributed by atoms with Crippen LogP contribution in [-0.4, -0.2) is 46.3 Å². The molecule has 3 aliphatic heterocycles. The molecule has 0 aliphatic carbocycles. The number of halogens is 4. The van der Waals surface area contributed by atoms with Crippen LogP contribution in [0.4, 0.5) is 20.2 Å². The summed E-state index contributed by atoms with van der Waals surface area (Å²) < 4.78 is 29.9. The van der Waals surface area contributed by atoms with Gasteiger partial charge in [-0.05, 0) is 23.8 Å². The van der Waals surface area contributed by atoms with Crippen molar-refractivity contribution < 1.29 is 28.3 Å². The van der Waals surface area contributed by atoms with E-state index < -0.39 is 60.1 Å². The van der Waals surface area contributed by atoms with Crippen LogP contribution in [0.2, 0.25) is 10.0 Å². The Labute approximate surface area is 231 Å². The predicted octanol–water partition coefficient (Wildman–Crippen LogP) is 5.49. The summed E-state index contributed by atoms with van der Waals surface area (Å²) in [5.74, 6) is -9.52. The molecule has 3 aliphatic rings. The maximum atomic E-state index is 14.9. The fraction of sp³-hybridized carbons (Fsp3) is 0.250. The van der Waals surface area contributed by atoms with Crippen LogP contribution in [0, 0.1) is 11.8 Å². The summed E-state index contributed by atoms with van der Waals surface area (Å²) in [6, 6.07) is 17.6. The van der Waals surface area contributed by atoms with Crippen LogP contribution in [-0.2, 0) is 19.9 Å². The minimum Gasteiger partial charge on any atom is -0.481 e. The normalized spacial score (nSPS) is 26.8. The van der Waals surface area contributed by atoms with Crippen molar-refractivity contribution in [3.05, 3.63) is 82.3 Å². The van der Waals surface area contributed by atoms with Gasteiger partial charge in [0.15, 0.2) is 0 Å². The van der Waals surface area contributed by atoms with Gasteiger partial charge in [-0.25, -0.2) is 8.78 Å². The van der Waals surface area contributed by atoms with Crippen molar-refractivity contribution in [1.29, 1.82) is 0 Å². The Bertz CT molecular complexity index is 1540. The first-order chi connectivity index (χ1) is 18.5. The molecular weight excluding hydrogens is 551 g/mol. The first kappa shape index (κ1) is 25.7. The number of carbonyl (C=O) groups is 3. The van der Waals surface area contributed by atoms with Gasteiger partial charge in [0, 0.05) is 34.3 Å². The molecule has 7 nitrogen and oxygen atoms in total. The summed E-state index contributed by atoms with van der Waals surface area (Å²) in [5, 5.41) is 16.0. The summed E-state index contributed by atoms with van der Waals surface area (Å²) in [4.78, 5) is 41.6. The largest absolute Gasteiger partial charge is 0.481 e. The van der Waals surface area contributed by atoms with Gasteiger partial charge in [-0.15, -0.1) is 0 Å². The summed E-state index contributed by atoms with van der Waals surface area (Å²) in [7, 11) is 0. The number of carboxylic acids is 1. The molecule has 3 heterocycles. The summed E-state index contributed by atoms with van der Waals surface area (Å²) in [5.41, 5.74) is -0.0868. The van der Waals surface area contributed by atoms with Crippen LogP contribution in [0.5, 0.6) is 0 Å². The molecule has 3 N–H and O–H groups in total. The van der Waals surface area contributed by atoms with Crippen molar-refractivity contribution in [2.24, 2.45) is 11.8 Å².